The molecule has 2 aromatic rings. The number of benzene rings is 1. The molecule has 1 aliphatic rings. The highest BCUT2D eigenvalue weighted by Crippen LogP contribution is 2.35. The van der Waals surface area contributed by atoms with Crippen molar-refractivity contribution in [2.75, 3.05) is 5.32 Å². The molecule has 1 aliphatic heterocycles. The van der Waals surface area contributed by atoms with Gasteiger partial charge >= 0.3 is 5.91 Å². The van der Waals surface area contributed by atoms with E-state index < -0.39 is 22.0 Å². The van der Waals surface area contributed by atoms with Crippen LogP contribution < -0.4 is 14.8 Å². The van der Waals surface area contributed by atoms with Gasteiger partial charge in [-0.25, -0.2) is 13.1 Å². The maximum Gasteiger partial charge on any atom is 0.303 e. The zero-order valence-electron chi connectivity index (χ0n) is 16.8. The fraction of sp³-hybridized carbons (Fsp3) is 0.421. The van der Waals surface area contributed by atoms with Crippen molar-refractivity contribution >= 4 is 27.5 Å². The molecule has 0 saturated carbocycles. The van der Waals surface area contributed by atoms with Crippen LogP contribution in [0.15, 0.2) is 27.6 Å². The van der Waals surface area contributed by atoms with E-state index in [0.717, 1.165) is 0 Å². The summed E-state index contributed by atoms with van der Waals surface area (Å²) in [7, 11) is -4.21. The van der Waals surface area contributed by atoms with Gasteiger partial charge in [0.05, 0.1) is 16.3 Å². The Morgan fingerprint density at radius 1 is 1.21 bits per heavy atom. The van der Waals surface area contributed by atoms with Crippen LogP contribution in [0.5, 0.6) is 5.75 Å². The molecule has 29 heavy (non-hydrogen) atoms. The van der Waals surface area contributed by atoms with Crippen LogP contribution in [0.25, 0.3) is 0 Å². The van der Waals surface area contributed by atoms with Crippen LogP contribution in [-0.2, 0) is 14.8 Å². The van der Waals surface area contributed by atoms with Gasteiger partial charge in [0.25, 0.3) is 15.9 Å². The van der Waals surface area contributed by atoms with Gasteiger partial charge < -0.3 is 14.6 Å². The summed E-state index contributed by atoms with van der Waals surface area (Å²) in [5.41, 5.74) is 1.27. The number of amides is 2. The Kier molecular flexibility index (Phi) is 5.40. The third kappa shape index (κ3) is 4.12. The Morgan fingerprint density at radius 3 is 2.48 bits per heavy atom. The Morgan fingerprint density at radius 2 is 1.90 bits per heavy atom. The Hall–Kier alpha value is -2.88. The van der Waals surface area contributed by atoms with Crippen molar-refractivity contribution in [1.29, 1.82) is 0 Å². The predicted octanol–water partition coefficient (Wildman–Crippen LogP) is 2.58. The van der Waals surface area contributed by atoms with Crippen LogP contribution in [0.1, 0.15) is 55.4 Å². The number of ether oxygens (including phenoxy) is 1. The van der Waals surface area contributed by atoms with Crippen LogP contribution >= 0.6 is 0 Å². The average Bonchev–Trinajstić information content (AvgIpc) is 3.10. The van der Waals surface area contributed by atoms with Crippen molar-refractivity contribution in [3.05, 3.63) is 35.2 Å². The molecule has 1 aromatic heterocycles. The molecule has 0 radical (unpaired) electrons. The fourth-order valence-corrected chi connectivity index (χ4v) is 4.08. The Balaban J connectivity index is 1.90. The molecule has 0 spiro atoms. The summed E-state index contributed by atoms with van der Waals surface area (Å²) < 4.78 is 38.2. The molecule has 1 aromatic carbocycles. The second kappa shape index (κ2) is 7.51. The highest BCUT2D eigenvalue weighted by Gasteiger charge is 2.32. The lowest BCUT2D eigenvalue weighted by atomic mass is 10.0. The summed E-state index contributed by atoms with van der Waals surface area (Å²) >= 11 is 0. The van der Waals surface area contributed by atoms with Crippen molar-refractivity contribution in [3.63, 3.8) is 0 Å². The summed E-state index contributed by atoms with van der Waals surface area (Å²) in [5.74, 6) is -1.26. The fourth-order valence-electron chi connectivity index (χ4n) is 2.88. The molecule has 0 aliphatic carbocycles. The number of rotatable bonds is 5. The molecule has 0 unspecified atom stereocenters. The van der Waals surface area contributed by atoms with E-state index >= 15 is 0 Å². The summed E-state index contributed by atoms with van der Waals surface area (Å²) in [5, 5.41) is 6.48. The number of carbonyl (C=O) groups is 2. The van der Waals surface area contributed by atoms with Crippen LogP contribution in [0.2, 0.25) is 0 Å². The molecule has 2 N–H and O–H groups in total. The van der Waals surface area contributed by atoms with Gasteiger partial charge in [-0.05, 0) is 30.4 Å². The minimum atomic E-state index is -4.21. The lowest BCUT2D eigenvalue weighted by molar-refractivity contribution is -0.125. The standard InChI is InChI=1S/C19H23N3O6S/c1-9(2)12-7-15(28-21-12)18(23)22-29(25,26)16-8-14-13(6-11(16)5)20-19(24)17(27-14)10(3)4/h6-10,17H,1-5H3,(H,20,24)(H,22,23)/t17-/m1/s1. The quantitative estimate of drug-likeness (QED) is 0.759. The first-order valence-corrected chi connectivity index (χ1v) is 10.6. The molecule has 2 heterocycles. The Bertz CT molecular complexity index is 1070. The van der Waals surface area contributed by atoms with E-state index in [1.807, 2.05) is 32.4 Å². The molecule has 1 atom stereocenters. The van der Waals surface area contributed by atoms with Crippen molar-refractivity contribution in [2.24, 2.45) is 5.92 Å². The molecule has 156 valence electrons. The Labute approximate surface area is 168 Å². The number of sulfonamides is 1. The third-order valence-electron chi connectivity index (χ3n) is 4.51. The molecular weight excluding hydrogens is 398 g/mol. The summed E-state index contributed by atoms with van der Waals surface area (Å²) in [6, 6.07) is 4.20. The molecule has 10 heteroatoms. The van der Waals surface area contributed by atoms with Gasteiger partial charge in [0.1, 0.15) is 5.75 Å². The molecule has 9 nitrogen and oxygen atoms in total. The van der Waals surface area contributed by atoms with Crippen molar-refractivity contribution in [3.8, 4) is 5.75 Å². The van der Waals surface area contributed by atoms with Crippen LogP contribution in [0, 0.1) is 12.8 Å². The second-order valence-corrected chi connectivity index (χ2v) is 9.24. The number of aryl methyl sites for hydroxylation is 1. The normalized spacial score (nSPS) is 16.4. The third-order valence-corrected chi connectivity index (χ3v) is 5.99. The topological polar surface area (TPSA) is 128 Å². The first-order valence-electron chi connectivity index (χ1n) is 9.15. The number of nitrogens with zero attached hydrogens (tertiary/aromatic N) is 1. The molecule has 0 saturated heterocycles. The van der Waals surface area contributed by atoms with E-state index in [4.69, 9.17) is 9.26 Å². The molecular formula is C19H23N3O6S. The maximum atomic E-state index is 12.8. The van der Waals surface area contributed by atoms with Gasteiger partial charge in [-0.2, -0.15) is 0 Å². The van der Waals surface area contributed by atoms with E-state index in [2.05, 4.69) is 10.5 Å². The first kappa shape index (κ1) is 20.8. The van der Waals surface area contributed by atoms with Gasteiger partial charge in [0.15, 0.2) is 6.10 Å². The van der Waals surface area contributed by atoms with Crippen LogP contribution in [-0.4, -0.2) is 31.5 Å². The molecule has 0 bridgehead atoms. The van der Waals surface area contributed by atoms with Gasteiger partial charge in [-0.1, -0.05) is 32.9 Å². The number of hydrogen-bond donors (Lipinski definition) is 2. The monoisotopic (exact) mass is 421 g/mol. The minimum Gasteiger partial charge on any atom is -0.478 e. The van der Waals surface area contributed by atoms with Gasteiger partial charge in [-0.3, -0.25) is 9.59 Å². The molecule has 2 amide bonds. The van der Waals surface area contributed by atoms with Crippen LogP contribution in [0.4, 0.5) is 5.69 Å². The zero-order valence-corrected chi connectivity index (χ0v) is 17.6. The van der Waals surface area contributed by atoms with E-state index in [9.17, 15) is 18.0 Å². The highest BCUT2D eigenvalue weighted by molar-refractivity contribution is 7.90. The molecule has 0 fully saturated rings. The van der Waals surface area contributed by atoms with Crippen molar-refractivity contribution in [1.82, 2.24) is 9.88 Å². The van der Waals surface area contributed by atoms with E-state index in [0.29, 0.717) is 16.9 Å². The number of aromatic nitrogens is 1. The van der Waals surface area contributed by atoms with Crippen LogP contribution in [0.3, 0.4) is 0 Å². The SMILES string of the molecule is Cc1cc2c(cc1S(=O)(=O)NC(=O)c1cc(C(C)C)no1)O[C@H](C(C)C)C(=O)N2. The van der Waals surface area contributed by atoms with E-state index in [1.165, 1.54) is 18.2 Å². The minimum absolute atomic E-state index is 0.0288. The second-order valence-electron chi connectivity index (χ2n) is 7.59. The number of carbonyl (C=O) groups excluding carboxylic acids is 2. The zero-order chi connectivity index (χ0) is 21.5. The predicted molar refractivity (Wildman–Crippen MR) is 104 cm³/mol. The summed E-state index contributed by atoms with van der Waals surface area (Å²) in [6.07, 6.45) is -0.737. The number of nitrogens with one attached hydrogen (secondary N) is 2. The van der Waals surface area contributed by atoms with Crippen molar-refractivity contribution in [2.45, 2.75) is 51.5 Å². The van der Waals surface area contributed by atoms with Gasteiger partial charge in [-0.15, -0.1) is 0 Å². The summed E-state index contributed by atoms with van der Waals surface area (Å²) in [4.78, 5) is 24.3. The average molecular weight is 421 g/mol. The number of hydrogen-bond acceptors (Lipinski definition) is 7. The largest absolute Gasteiger partial charge is 0.478 e. The van der Waals surface area contributed by atoms with E-state index in [1.54, 1.807) is 6.92 Å². The lowest BCUT2D eigenvalue weighted by Crippen LogP contribution is -2.40. The number of anilines is 1. The van der Waals surface area contributed by atoms with Gasteiger partial charge in [0.2, 0.25) is 5.76 Å². The summed E-state index contributed by atoms with van der Waals surface area (Å²) in [6.45, 7) is 8.95. The maximum absolute atomic E-state index is 12.8. The lowest BCUT2D eigenvalue weighted by Gasteiger charge is -2.29. The molecule has 3 rings (SSSR count). The van der Waals surface area contributed by atoms with Crippen molar-refractivity contribution < 1.29 is 27.3 Å². The first-order chi connectivity index (χ1) is 13.5. The number of fused-ring (bicyclic) bond motifs is 1. The smallest absolute Gasteiger partial charge is 0.303 e. The van der Waals surface area contributed by atoms with E-state index in [-0.39, 0.29) is 34.1 Å². The van der Waals surface area contributed by atoms with Gasteiger partial charge in [0, 0.05) is 12.1 Å². The highest BCUT2D eigenvalue weighted by atomic mass is 32.2.